The smallest absolute Gasteiger partial charge is 0.414 e. The van der Waals surface area contributed by atoms with E-state index in [0.717, 1.165) is 25.4 Å². The number of para-hydroxylation sites is 1. The molecular weight excluding hydrogens is 330 g/mol. The maximum absolute atomic E-state index is 9.10. The molecule has 0 saturated carbocycles. The van der Waals surface area contributed by atoms with E-state index in [1.807, 2.05) is 6.07 Å². The Morgan fingerprint density at radius 2 is 1.52 bits per heavy atom. The Morgan fingerprint density at radius 3 is 2.04 bits per heavy atom. The van der Waals surface area contributed by atoms with E-state index in [-0.39, 0.29) is 0 Å². The maximum atomic E-state index is 9.10. The van der Waals surface area contributed by atoms with E-state index in [4.69, 9.17) is 34.0 Å². The van der Waals surface area contributed by atoms with Crippen LogP contribution in [0.2, 0.25) is 0 Å². The zero-order chi connectivity index (χ0) is 19.1. The molecule has 25 heavy (non-hydrogen) atoms. The number of hydrogen-bond donors (Lipinski definition) is 3. The molecule has 0 heterocycles. The summed E-state index contributed by atoms with van der Waals surface area (Å²) in [5.41, 5.74) is 2.34. The van der Waals surface area contributed by atoms with Crippen LogP contribution < -0.4 is 10.1 Å². The lowest BCUT2D eigenvalue weighted by molar-refractivity contribution is -0.159. The molecule has 3 N–H and O–H groups in total. The number of benzene rings is 1. The van der Waals surface area contributed by atoms with Crippen molar-refractivity contribution in [3.63, 3.8) is 0 Å². The first-order chi connectivity index (χ1) is 11.9. The summed E-state index contributed by atoms with van der Waals surface area (Å²) in [5, 5.41) is 18.0. The summed E-state index contributed by atoms with van der Waals surface area (Å²) >= 11 is 0. The quantitative estimate of drug-likeness (QED) is 0.421. The molecule has 0 aliphatic heterocycles. The van der Waals surface area contributed by atoms with E-state index in [0.29, 0.717) is 19.8 Å². The van der Waals surface area contributed by atoms with Crippen molar-refractivity contribution in [2.45, 2.75) is 13.8 Å². The first-order valence-electron chi connectivity index (χ1n) is 7.82. The molecule has 0 saturated heterocycles. The zero-order valence-electron chi connectivity index (χ0n) is 14.9. The number of carboxylic acid groups (broad SMARTS) is 2. The summed E-state index contributed by atoms with van der Waals surface area (Å²) in [6.07, 6.45) is 0. The predicted octanol–water partition coefficient (Wildman–Crippen LogP) is 1.09. The lowest BCUT2D eigenvalue weighted by atomic mass is 10.1. The molecule has 0 atom stereocenters. The molecular formula is C17H27NO7. The van der Waals surface area contributed by atoms with Gasteiger partial charge in [0.15, 0.2) is 0 Å². The highest BCUT2D eigenvalue weighted by Gasteiger charge is 2.04. The van der Waals surface area contributed by atoms with Gasteiger partial charge >= 0.3 is 11.9 Å². The third kappa shape index (κ3) is 11.9. The molecule has 1 rings (SSSR count). The average molecular weight is 357 g/mol. The summed E-state index contributed by atoms with van der Waals surface area (Å²) in [6, 6.07) is 6.16. The van der Waals surface area contributed by atoms with E-state index in [1.165, 1.54) is 11.1 Å². The second kappa shape index (κ2) is 14.2. The van der Waals surface area contributed by atoms with Gasteiger partial charge in [0.25, 0.3) is 0 Å². The summed E-state index contributed by atoms with van der Waals surface area (Å²) in [7, 11) is 1.70. The van der Waals surface area contributed by atoms with Crippen molar-refractivity contribution in [1.29, 1.82) is 0 Å². The van der Waals surface area contributed by atoms with Gasteiger partial charge in [-0.15, -0.1) is 0 Å². The third-order valence-corrected chi connectivity index (χ3v) is 2.97. The monoisotopic (exact) mass is 357 g/mol. The van der Waals surface area contributed by atoms with Crippen molar-refractivity contribution in [2.24, 2.45) is 0 Å². The first-order valence-corrected chi connectivity index (χ1v) is 7.82. The normalized spacial score (nSPS) is 9.88. The largest absolute Gasteiger partial charge is 0.491 e. The Morgan fingerprint density at radius 1 is 0.960 bits per heavy atom. The Bertz CT molecular complexity index is 487. The second-order valence-corrected chi connectivity index (χ2v) is 5.03. The molecule has 0 radical (unpaired) electrons. The van der Waals surface area contributed by atoms with Crippen molar-refractivity contribution >= 4 is 11.9 Å². The minimum atomic E-state index is -1.82. The molecule has 0 aromatic heterocycles. The van der Waals surface area contributed by atoms with Crippen LogP contribution >= 0.6 is 0 Å². The highest BCUT2D eigenvalue weighted by molar-refractivity contribution is 6.27. The van der Waals surface area contributed by atoms with Gasteiger partial charge in [0, 0.05) is 20.2 Å². The van der Waals surface area contributed by atoms with Gasteiger partial charge in [-0.25, -0.2) is 9.59 Å². The fraction of sp³-hybridized carbons (Fsp3) is 0.529. The SMILES string of the molecule is COCCNCCOCCOc1c(C)cccc1C.O=C(O)C(=O)O. The van der Waals surface area contributed by atoms with Crippen LogP contribution in [0.4, 0.5) is 0 Å². The van der Waals surface area contributed by atoms with Crippen molar-refractivity contribution in [1.82, 2.24) is 5.32 Å². The molecule has 8 nitrogen and oxygen atoms in total. The summed E-state index contributed by atoms with van der Waals surface area (Å²) in [4.78, 5) is 18.2. The Kier molecular flexibility index (Phi) is 13.0. The van der Waals surface area contributed by atoms with E-state index in [9.17, 15) is 0 Å². The molecule has 0 aliphatic rings. The fourth-order valence-electron chi connectivity index (χ4n) is 1.78. The molecule has 0 fully saturated rings. The minimum Gasteiger partial charge on any atom is -0.491 e. The van der Waals surface area contributed by atoms with Crippen molar-refractivity contribution in [2.75, 3.05) is 46.6 Å². The predicted molar refractivity (Wildman–Crippen MR) is 92.2 cm³/mol. The first kappa shape index (κ1) is 22.8. The number of hydrogen-bond acceptors (Lipinski definition) is 6. The molecule has 0 bridgehead atoms. The fourth-order valence-corrected chi connectivity index (χ4v) is 1.78. The van der Waals surface area contributed by atoms with Crippen LogP contribution in [0.1, 0.15) is 11.1 Å². The van der Waals surface area contributed by atoms with Gasteiger partial charge in [0.1, 0.15) is 12.4 Å². The molecule has 0 aliphatic carbocycles. The van der Waals surface area contributed by atoms with Gasteiger partial charge < -0.3 is 29.7 Å². The highest BCUT2D eigenvalue weighted by atomic mass is 16.5. The maximum Gasteiger partial charge on any atom is 0.414 e. The standard InChI is InChI=1S/C15H25NO3.C2H2O4/c1-13-5-4-6-14(2)15(13)19-12-11-18-10-8-16-7-9-17-3;3-1(4)2(5)6/h4-6,16H,7-12H2,1-3H3;(H,3,4)(H,5,6). The molecule has 0 spiro atoms. The number of ether oxygens (including phenoxy) is 3. The third-order valence-electron chi connectivity index (χ3n) is 2.97. The van der Waals surface area contributed by atoms with E-state index < -0.39 is 11.9 Å². The van der Waals surface area contributed by atoms with Gasteiger partial charge in [-0.05, 0) is 25.0 Å². The average Bonchev–Trinajstić information content (AvgIpc) is 2.56. The highest BCUT2D eigenvalue weighted by Crippen LogP contribution is 2.21. The molecule has 8 heteroatoms. The molecule has 0 unspecified atom stereocenters. The number of nitrogens with one attached hydrogen (secondary N) is 1. The number of methoxy groups -OCH3 is 1. The van der Waals surface area contributed by atoms with Crippen LogP contribution in [0, 0.1) is 13.8 Å². The van der Waals surface area contributed by atoms with E-state index in [1.54, 1.807) is 7.11 Å². The molecule has 1 aromatic rings. The van der Waals surface area contributed by atoms with Gasteiger partial charge in [-0.1, -0.05) is 18.2 Å². The van der Waals surface area contributed by atoms with Crippen LogP contribution in [-0.2, 0) is 19.1 Å². The molecule has 1 aromatic carbocycles. The van der Waals surface area contributed by atoms with E-state index >= 15 is 0 Å². The van der Waals surface area contributed by atoms with Crippen LogP contribution in [-0.4, -0.2) is 68.8 Å². The van der Waals surface area contributed by atoms with Gasteiger partial charge in [-0.2, -0.15) is 0 Å². The van der Waals surface area contributed by atoms with Gasteiger partial charge in [-0.3, -0.25) is 0 Å². The molecule has 0 amide bonds. The topological polar surface area (TPSA) is 114 Å². The van der Waals surface area contributed by atoms with Crippen LogP contribution in [0.25, 0.3) is 0 Å². The number of rotatable bonds is 10. The van der Waals surface area contributed by atoms with Crippen LogP contribution in [0.3, 0.4) is 0 Å². The summed E-state index contributed by atoms with van der Waals surface area (Å²) in [5.74, 6) is -2.67. The zero-order valence-corrected chi connectivity index (χ0v) is 14.9. The van der Waals surface area contributed by atoms with Crippen molar-refractivity contribution in [3.05, 3.63) is 29.3 Å². The van der Waals surface area contributed by atoms with Crippen LogP contribution in [0.5, 0.6) is 5.75 Å². The van der Waals surface area contributed by atoms with Crippen molar-refractivity contribution in [3.8, 4) is 5.75 Å². The summed E-state index contributed by atoms with van der Waals surface area (Å²) < 4.78 is 16.2. The Balaban J connectivity index is 0.000000823. The summed E-state index contributed by atoms with van der Waals surface area (Å²) in [6.45, 7) is 8.44. The number of aliphatic carboxylic acids is 2. The number of carboxylic acids is 2. The molecule has 142 valence electrons. The minimum absolute atomic E-state index is 0.587. The van der Waals surface area contributed by atoms with E-state index in [2.05, 4.69) is 31.3 Å². The Labute approximate surface area is 147 Å². The van der Waals surface area contributed by atoms with Crippen LogP contribution in [0.15, 0.2) is 18.2 Å². The van der Waals surface area contributed by atoms with Gasteiger partial charge in [0.05, 0.1) is 19.8 Å². The second-order valence-electron chi connectivity index (χ2n) is 5.03. The lowest BCUT2D eigenvalue weighted by Gasteiger charge is -2.12. The number of carbonyl (C=O) groups is 2. The van der Waals surface area contributed by atoms with Gasteiger partial charge in [0.2, 0.25) is 0 Å². The number of aryl methyl sites for hydroxylation is 2. The Hall–Kier alpha value is -2.16. The lowest BCUT2D eigenvalue weighted by Crippen LogP contribution is -2.24. The van der Waals surface area contributed by atoms with Crippen molar-refractivity contribution < 1.29 is 34.0 Å².